The molecular formula is C13H21N3O3S. The molecule has 112 valence electrons. The van der Waals surface area contributed by atoms with E-state index < -0.39 is 5.97 Å². The molecule has 0 fully saturated rings. The third kappa shape index (κ3) is 3.93. The molecule has 2 amide bonds. The summed E-state index contributed by atoms with van der Waals surface area (Å²) in [5.41, 5.74) is 0.0142. The van der Waals surface area contributed by atoms with Crippen LogP contribution in [-0.2, 0) is 0 Å². The lowest BCUT2D eigenvalue weighted by Gasteiger charge is -2.28. The Bertz CT molecular complexity index is 475. The summed E-state index contributed by atoms with van der Waals surface area (Å²) in [6.07, 6.45) is 0.885. The molecular weight excluding hydrogens is 278 g/mol. The molecule has 0 aliphatic carbocycles. The van der Waals surface area contributed by atoms with Crippen LogP contribution in [0.15, 0.2) is 5.38 Å². The van der Waals surface area contributed by atoms with Crippen LogP contribution in [0.4, 0.5) is 4.79 Å². The number of carbonyl (C=O) groups excluding carboxylic acids is 1. The quantitative estimate of drug-likeness (QED) is 0.846. The Morgan fingerprint density at radius 3 is 2.55 bits per heavy atom. The fourth-order valence-electron chi connectivity index (χ4n) is 1.79. The Morgan fingerprint density at radius 1 is 1.45 bits per heavy atom. The molecule has 20 heavy (non-hydrogen) atoms. The molecule has 0 saturated carbocycles. The van der Waals surface area contributed by atoms with E-state index in [0.29, 0.717) is 11.6 Å². The molecule has 0 bridgehead atoms. The molecule has 1 heterocycles. The van der Waals surface area contributed by atoms with Gasteiger partial charge in [-0.25, -0.2) is 14.6 Å². The normalized spacial score (nSPS) is 13.6. The standard InChI is InChI=1S/C13H21N3O3S/c1-5-8(3)16(6-2)13(19)14-9(4)11-15-10(7-20-11)12(17)18/h7-9H,5-6H2,1-4H3,(H,14,19)(H,17,18). The monoisotopic (exact) mass is 299 g/mol. The van der Waals surface area contributed by atoms with Gasteiger partial charge in [0.05, 0.1) is 6.04 Å². The van der Waals surface area contributed by atoms with Gasteiger partial charge in [0, 0.05) is 18.0 Å². The maximum atomic E-state index is 12.2. The van der Waals surface area contributed by atoms with Crippen LogP contribution in [0.2, 0.25) is 0 Å². The van der Waals surface area contributed by atoms with E-state index in [9.17, 15) is 9.59 Å². The molecule has 0 radical (unpaired) electrons. The highest BCUT2D eigenvalue weighted by Gasteiger charge is 2.21. The summed E-state index contributed by atoms with van der Waals surface area (Å²) >= 11 is 1.24. The van der Waals surface area contributed by atoms with Crippen LogP contribution < -0.4 is 5.32 Å². The highest BCUT2D eigenvalue weighted by atomic mass is 32.1. The lowest BCUT2D eigenvalue weighted by molar-refractivity contribution is 0.0691. The maximum absolute atomic E-state index is 12.2. The van der Waals surface area contributed by atoms with Crippen molar-refractivity contribution < 1.29 is 14.7 Å². The summed E-state index contributed by atoms with van der Waals surface area (Å²) in [6.45, 7) is 8.39. The van der Waals surface area contributed by atoms with Crippen molar-refractivity contribution in [2.75, 3.05) is 6.54 Å². The number of amides is 2. The van der Waals surface area contributed by atoms with Gasteiger partial charge in [-0.2, -0.15) is 0 Å². The Morgan fingerprint density at radius 2 is 2.10 bits per heavy atom. The first-order valence-corrected chi connectivity index (χ1v) is 7.54. The summed E-state index contributed by atoms with van der Waals surface area (Å²) in [5, 5.41) is 13.8. The van der Waals surface area contributed by atoms with Crippen LogP contribution in [0.3, 0.4) is 0 Å². The van der Waals surface area contributed by atoms with Crippen molar-refractivity contribution in [3.05, 3.63) is 16.1 Å². The van der Waals surface area contributed by atoms with Crippen molar-refractivity contribution >= 4 is 23.3 Å². The number of rotatable bonds is 6. The lowest BCUT2D eigenvalue weighted by atomic mass is 10.2. The molecule has 7 heteroatoms. The topological polar surface area (TPSA) is 82.5 Å². The van der Waals surface area contributed by atoms with Crippen molar-refractivity contribution in [3.8, 4) is 0 Å². The summed E-state index contributed by atoms with van der Waals surface area (Å²) in [4.78, 5) is 28.7. The fraction of sp³-hybridized carbons (Fsp3) is 0.615. The Hall–Kier alpha value is -1.63. The number of hydrogen-bond donors (Lipinski definition) is 2. The maximum Gasteiger partial charge on any atom is 0.355 e. The minimum absolute atomic E-state index is 0.0142. The van der Waals surface area contributed by atoms with E-state index in [1.165, 1.54) is 16.7 Å². The van der Waals surface area contributed by atoms with Gasteiger partial charge in [-0.3, -0.25) is 0 Å². The second kappa shape index (κ2) is 7.23. The first kappa shape index (κ1) is 16.4. The van der Waals surface area contributed by atoms with Crippen LogP contribution in [0.1, 0.15) is 55.7 Å². The third-order valence-electron chi connectivity index (χ3n) is 3.18. The summed E-state index contributed by atoms with van der Waals surface area (Å²) in [5.74, 6) is -1.05. The van der Waals surface area contributed by atoms with Gasteiger partial charge in [-0.1, -0.05) is 6.92 Å². The minimum Gasteiger partial charge on any atom is -0.476 e. The first-order valence-electron chi connectivity index (χ1n) is 6.66. The average Bonchev–Trinajstić information content (AvgIpc) is 2.89. The van der Waals surface area contributed by atoms with Gasteiger partial charge in [0.1, 0.15) is 5.01 Å². The molecule has 0 aromatic carbocycles. The number of nitrogens with zero attached hydrogens (tertiary/aromatic N) is 2. The van der Waals surface area contributed by atoms with E-state index in [1.807, 2.05) is 20.8 Å². The van der Waals surface area contributed by atoms with Crippen LogP contribution in [-0.4, -0.2) is 39.6 Å². The molecule has 1 rings (SSSR count). The smallest absolute Gasteiger partial charge is 0.355 e. The Labute approximate surface area is 122 Å². The number of thiazole rings is 1. The number of aromatic carboxylic acids is 1. The molecule has 2 N–H and O–H groups in total. The van der Waals surface area contributed by atoms with Gasteiger partial charge >= 0.3 is 12.0 Å². The van der Waals surface area contributed by atoms with Gasteiger partial charge < -0.3 is 15.3 Å². The number of carbonyl (C=O) groups is 2. The van der Waals surface area contributed by atoms with Crippen molar-refractivity contribution in [2.24, 2.45) is 0 Å². The molecule has 1 aromatic heterocycles. The van der Waals surface area contributed by atoms with E-state index >= 15 is 0 Å². The van der Waals surface area contributed by atoms with Crippen molar-refractivity contribution in [1.82, 2.24) is 15.2 Å². The lowest BCUT2D eigenvalue weighted by Crippen LogP contribution is -2.45. The number of hydrogen-bond acceptors (Lipinski definition) is 4. The molecule has 2 unspecified atom stereocenters. The summed E-state index contributed by atoms with van der Waals surface area (Å²) in [6, 6.07) is -0.293. The highest BCUT2D eigenvalue weighted by Crippen LogP contribution is 2.18. The third-order valence-corrected chi connectivity index (χ3v) is 4.20. The van der Waals surface area contributed by atoms with E-state index in [-0.39, 0.29) is 23.8 Å². The van der Waals surface area contributed by atoms with Gasteiger partial charge in [0.2, 0.25) is 0 Å². The predicted molar refractivity (Wildman–Crippen MR) is 78.2 cm³/mol. The predicted octanol–water partition coefficient (Wildman–Crippen LogP) is 2.73. The summed E-state index contributed by atoms with van der Waals surface area (Å²) < 4.78 is 0. The Balaban J connectivity index is 2.70. The van der Waals surface area contributed by atoms with E-state index in [2.05, 4.69) is 10.3 Å². The van der Waals surface area contributed by atoms with Crippen molar-refractivity contribution in [1.29, 1.82) is 0 Å². The molecule has 0 spiro atoms. The van der Waals surface area contributed by atoms with Crippen LogP contribution >= 0.6 is 11.3 Å². The van der Waals surface area contributed by atoms with Crippen LogP contribution in [0.25, 0.3) is 0 Å². The van der Waals surface area contributed by atoms with Gasteiger partial charge in [0.15, 0.2) is 5.69 Å². The minimum atomic E-state index is -1.05. The van der Waals surface area contributed by atoms with Crippen LogP contribution in [0.5, 0.6) is 0 Å². The van der Waals surface area contributed by atoms with Crippen molar-refractivity contribution in [3.63, 3.8) is 0 Å². The number of nitrogens with one attached hydrogen (secondary N) is 1. The van der Waals surface area contributed by atoms with Crippen LogP contribution in [0, 0.1) is 0 Å². The van der Waals surface area contributed by atoms with Gasteiger partial charge in [-0.15, -0.1) is 11.3 Å². The Kier molecular flexibility index (Phi) is 5.94. The molecule has 2 atom stereocenters. The number of urea groups is 1. The van der Waals surface area contributed by atoms with E-state index in [1.54, 1.807) is 11.8 Å². The van der Waals surface area contributed by atoms with E-state index in [0.717, 1.165) is 6.42 Å². The molecule has 0 saturated heterocycles. The highest BCUT2D eigenvalue weighted by molar-refractivity contribution is 7.09. The fourth-order valence-corrected chi connectivity index (χ4v) is 2.59. The van der Waals surface area contributed by atoms with Gasteiger partial charge in [-0.05, 0) is 27.2 Å². The molecule has 0 aliphatic rings. The average molecular weight is 299 g/mol. The first-order chi connectivity index (χ1) is 9.40. The van der Waals surface area contributed by atoms with E-state index in [4.69, 9.17) is 5.11 Å². The van der Waals surface area contributed by atoms with Gasteiger partial charge in [0.25, 0.3) is 0 Å². The number of carboxylic acid groups (broad SMARTS) is 1. The molecule has 0 aliphatic heterocycles. The molecule has 6 nitrogen and oxygen atoms in total. The zero-order chi connectivity index (χ0) is 15.3. The second-order valence-corrected chi connectivity index (χ2v) is 5.48. The zero-order valence-corrected chi connectivity index (χ0v) is 13.0. The SMILES string of the molecule is CCC(C)N(CC)C(=O)NC(C)c1nc(C(=O)O)cs1. The molecule has 1 aromatic rings. The summed E-state index contributed by atoms with van der Waals surface area (Å²) in [7, 11) is 0. The zero-order valence-electron chi connectivity index (χ0n) is 12.2. The number of aromatic nitrogens is 1. The number of carboxylic acids is 1. The second-order valence-electron chi connectivity index (χ2n) is 4.59. The largest absolute Gasteiger partial charge is 0.476 e. The van der Waals surface area contributed by atoms with Crippen molar-refractivity contribution in [2.45, 2.75) is 46.2 Å².